The Morgan fingerprint density at radius 1 is 1.35 bits per heavy atom. The van der Waals surface area contributed by atoms with Crippen molar-refractivity contribution >= 4 is 0 Å². The molecule has 0 radical (unpaired) electrons. The summed E-state index contributed by atoms with van der Waals surface area (Å²) in [7, 11) is 0. The molecule has 1 aliphatic heterocycles. The van der Waals surface area contributed by atoms with Crippen LogP contribution in [0.2, 0.25) is 0 Å². The summed E-state index contributed by atoms with van der Waals surface area (Å²) in [6.07, 6.45) is 1.12. The molecule has 1 heterocycles. The third-order valence-electron chi connectivity index (χ3n) is 3.22. The minimum Gasteiger partial charge on any atom is -0.315 e. The van der Waals surface area contributed by atoms with Crippen molar-refractivity contribution in [2.24, 2.45) is 0 Å². The Kier molecular flexibility index (Phi) is 4.13. The SMILES string of the molecule is Cc1cccc(C(C#N)N2CCCNCC2)c1. The van der Waals surface area contributed by atoms with Gasteiger partial charge in [0.2, 0.25) is 0 Å². The van der Waals surface area contributed by atoms with E-state index in [1.807, 2.05) is 6.07 Å². The average molecular weight is 229 g/mol. The Morgan fingerprint density at radius 3 is 3.00 bits per heavy atom. The summed E-state index contributed by atoms with van der Waals surface area (Å²) in [4.78, 5) is 2.27. The predicted molar refractivity (Wildman–Crippen MR) is 68.6 cm³/mol. The van der Waals surface area contributed by atoms with Gasteiger partial charge in [-0.2, -0.15) is 5.26 Å². The van der Waals surface area contributed by atoms with E-state index in [-0.39, 0.29) is 6.04 Å². The molecule has 1 aromatic carbocycles. The van der Waals surface area contributed by atoms with Gasteiger partial charge in [0.25, 0.3) is 0 Å². The highest BCUT2D eigenvalue weighted by atomic mass is 15.2. The molecule has 1 fully saturated rings. The van der Waals surface area contributed by atoms with Crippen LogP contribution in [0.25, 0.3) is 0 Å². The molecule has 0 bridgehead atoms. The Bertz CT molecular complexity index is 400. The number of nitrogens with zero attached hydrogens (tertiary/aromatic N) is 2. The number of hydrogen-bond acceptors (Lipinski definition) is 3. The predicted octanol–water partition coefficient (Wildman–Crippen LogP) is 1.85. The number of hydrogen-bond donors (Lipinski definition) is 1. The number of nitrogens with one attached hydrogen (secondary N) is 1. The van der Waals surface area contributed by atoms with E-state index in [9.17, 15) is 5.26 Å². The third kappa shape index (κ3) is 3.06. The van der Waals surface area contributed by atoms with Gasteiger partial charge in [-0.3, -0.25) is 4.90 Å². The van der Waals surface area contributed by atoms with Gasteiger partial charge in [-0.25, -0.2) is 0 Å². The smallest absolute Gasteiger partial charge is 0.123 e. The lowest BCUT2D eigenvalue weighted by Crippen LogP contribution is -2.31. The fourth-order valence-electron chi connectivity index (χ4n) is 2.33. The zero-order valence-corrected chi connectivity index (χ0v) is 10.3. The van der Waals surface area contributed by atoms with Crippen LogP contribution < -0.4 is 5.32 Å². The highest BCUT2D eigenvalue weighted by molar-refractivity contribution is 5.28. The second-order valence-electron chi connectivity index (χ2n) is 4.59. The van der Waals surface area contributed by atoms with Crippen molar-refractivity contribution in [2.45, 2.75) is 19.4 Å². The summed E-state index contributed by atoms with van der Waals surface area (Å²) in [5, 5.41) is 12.8. The van der Waals surface area contributed by atoms with Crippen molar-refractivity contribution in [3.63, 3.8) is 0 Å². The monoisotopic (exact) mass is 229 g/mol. The minimum atomic E-state index is -0.102. The molecule has 90 valence electrons. The minimum absolute atomic E-state index is 0.102. The number of benzene rings is 1. The first-order valence-electron chi connectivity index (χ1n) is 6.22. The Hall–Kier alpha value is -1.37. The lowest BCUT2D eigenvalue weighted by molar-refractivity contribution is 0.252. The van der Waals surface area contributed by atoms with Crippen LogP contribution in [-0.2, 0) is 0 Å². The van der Waals surface area contributed by atoms with Crippen molar-refractivity contribution in [2.75, 3.05) is 26.2 Å². The summed E-state index contributed by atoms with van der Waals surface area (Å²) in [6.45, 7) is 6.06. The van der Waals surface area contributed by atoms with Crippen molar-refractivity contribution in [3.05, 3.63) is 35.4 Å². The number of aryl methyl sites for hydroxylation is 1. The van der Waals surface area contributed by atoms with Gasteiger partial charge in [0.05, 0.1) is 6.07 Å². The zero-order valence-electron chi connectivity index (χ0n) is 10.3. The zero-order chi connectivity index (χ0) is 12.1. The molecule has 0 aliphatic carbocycles. The molecule has 1 aromatic rings. The van der Waals surface area contributed by atoms with E-state index in [1.165, 1.54) is 5.56 Å². The van der Waals surface area contributed by atoms with E-state index >= 15 is 0 Å². The molecule has 1 unspecified atom stereocenters. The molecular weight excluding hydrogens is 210 g/mol. The topological polar surface area (TPSA) is 39.1 Å². The van der Waals surface area contributed by atoms with E-state index in [0.717, 1.165) is 38.2 Å². The quantitative estimate of drug-likeness (QED) is 0.841. The molecular formula is C14H19N3. The molecule has 1 N–H and O–H groups in total. The van der Waals surface area contributed by atoms with E-state index in [1.54, 1.807) is 0 Å². The second-order valence-corrected chi connectivity index (χ2v) is 4.59. The summed E-state index contributed by atoms with van der Waals surface area (Å²) in [5.41, 5.74) is 2.34. The fourth-order valence-corrected chi connectivity index (χ4v) is 2.33. The van der Waals surface area contributed by atoms with Gasteiger partial charge in [-0.1, -0.05) is 29.8 Å². The van der Waals surface area contributed by atoms with Crippen LogP contribution in [0, 0.1) is 18.3 Å². The van der Waals surface area contributed by atoms with Crippen LogP contribution in [0.4, 0.5) is 0 Å². The molecule has 17 heavy (non-hydrogen) atoms. The van der Waals surface area contributed by atoms with E-state index in [0.29, 0.717) is 0 Å². The van der Waals surface area contributed by atoms with Crippen molar-refractivity contribution in [3.8, 4) is 6.07 Å². The van der Waals surface area contributed by atoms with Gasteiger partial charge in [-0.15, -0.1) is 0 Å². The normalized spacial score (nSPS) is 19.3. The van der Waals surface area contributed by atoms with E-state index in [4.69, 9.17) is 0 Å². The van der Waals surface area contributed by atoms with E-state index < -0.39 is 0 Å². The summed E-state index contributed by atoms with van der Waals surface area (Å²) in [6, 6.07) is 10.6. The first-order valence-corrected chi connectivity index (χ1v) is 6.22. The Balaban J connectivity index is 2.18. The van der Waals surface area contributed by atoms with Gasteiger partial charge in [-0.05, 0) is 25.5 Å². The maximum atomic E-state index is 9.40. The van der Waals surface area contributed by atoms with Crippen LogP contribution in [-0.4, -0.2) is 31.1 Å². The lowest BCUT2D eigenvalue weighted by Gasteiger charge is -2.25. The maximum Gasteiger partial charge on any atom is 0.123 e. The van der Waals surface area contributed by atoms with Crippen molar-refractivity contribution in [1.29, 1.82) is 5.26 Å². The number of nitriles is 1. The molecule has 3 heteroatoms. The third-order valence-corrected chi connectivity index (χ3v) is 3.22. The largest absolute Gasteiger partial charge is 0.315 e. The highest BCUT2D eigenvalue weighted by Crippen LogP contribution is 2.21. The lowest BCUT2D eigenvalue weighted by atomic mass is 10.0. The van der Waals surface area contributed by atoms with Gasteiger partial charge in [0.15, 0.2) is 0 Å². The Morgan fingerprint density at radius 2 is 2.24 bits per heavy atom. The highest BCUT2D eigenvalue weighted by Gasteiger charge is 2.20. The molecule has 2 rings (SSSR count). The van der Waals surface area contributed by atoms with Gasteiger partial charge in [0, 0.05) is 19.6 Å². The molecule has 3 nitrogen and oxygen atoms in total. The van der Waals surface area contributed by atoms with Crippen LogP contribution in [0.5, 0.6) is 0 Å². The molecule has 0 amide bonds. The van der Waals surface area contributed by atoms with Gasteiger partial charge >= 0.3 is 0 Å². The van der Waals surface area contributed by atoms with Crippen molar-refractivity contribution in [1.82, 2.24) is 10.2 Å². The van der Waals surface area contributed by atoms with Crippen molar-refractivity contribution < 1.29 is 0 Å². The van der Waals surface area contributed by atoms with E-state index in [2.05, 4.69) is 41.4 Å². The Labute approximate surface area is 103 Å². The van der Waals surface area contributed by atoms with Gasteiger partial charge in [0.1, 0.15) is 6.04 Å². The molecule has 1 saturated heterocycles. The average Bonchev–Trinajstić information content (AvgIpc) is 2.59. The van der Waals surface area contributed by atoms with Crippen LogP contribution in [0.1, 0.15) is 23.6 Å². The van der Waals surface area contributed by atoms with Crippen LogP contribution in [0.3, 0.4) is 0 Å². The molecule has 0 spiro atoms. The molecule has 1 atom stereocenters. The van der Waals surface area contributed by atoms with Crippen LogP contribution in [0.15, 0.2) is 24.3 Å². The maximum absolute atomic E-state index is 9.40. The number of rotatable bonds is 2. The molecule has 0 aromatic heterocycles. The van der Waals surface area contributed by atoms with Gasteiger partial charge < -0.3 is 5.32 Å². The van der Waals surface area contributed by atoms with Crippen LogP contribution >= 0.6 is 0 Å². The molecule has 0 saturated carbocycles. The standard InChI is InChI=1S/C14H19N3/c1-12-4-2-5-13(10-12)14(11-15)17-8-3-6-16-7-9-17/h2,4-5,10,14,16H,3,6-9H2,1H3. The first kappa shape index (κ1) is 12.1. The summed E-state index contributed by atoms with van der Waals surface area (Å²) >= 11 is 0. The molecule has 1 aliphatic rings. The second kappa shape index (κ2) is 5.81. The summed E-state index contributed by atoms with van der Waals surface area (Å²) < 4.78 is 0. The summed E-state index contributed by atoms with van der Waals surface area (Å²) in [5.74, 6) is 0. The fraction of sp³-hybridized carbons (Fsp3) is 0.500. The first-order chi connectivity index (χ1) is 8.31.